The van der Waals surface area contributed by atoms with Gasteiger partial charge in [-0.25, -0.2) is 0 Å². The van der Waals surface area contributed by atoms with E-state index >= 15 is 0 Å². The Labute approximate surface area is 257 Å². The number of hydrogen-bond acceptors (Lipinski definition) is 14. The fourth-order valence-electron chi connectivity index (χ4n) is 4.51. The highest BCUT2D eigenvalue weighted by molar-refractivity contribution is 5.84. The van der Waals surface area contributed by atoms with Gasteiger partial charge < -0.3 is 64.8 Å². The lowest BCUT2D eigenvalue weighted by Gasteiger charge is -2.35. The standard InChI is InChI=1S/C27H50N4O13/c1-17-12-19(32)24(37)26(43-17)41-8-5-29-22(35)15-31(14-21(34)28-4-7-40-11-10-39-3)16-23(36)30-6-9-42-27-25(38)20(33)13-18(2)44-27/h17-20,24-27,32-33,37-38H,4-16H2,1-3H3,(H,28,34)(H,29,35)(H,30,36)/t17-,18-,19+,20+,24-,25-,26+,27+/m0/s1. The van der Waals surface area contributed by atoms with Crippen LogP contribution in [0.4, 0.5) is 0 Å². The summed E-state index contributed by atoms with van der Waals surface area (Å²) in [6, 6.07) is 0. The van der Waals surface area contributed by atoms with Gasteiger partial charge in [0.1, 0.15) is 12.2 Å². The van der Waals surface area contributed by atoms with E-state index in [2.05, 4.69) is 16.0 Å². The highest BCUT2D eigenvalue weighted by Gasteiger charge is 2.36. The van der Waals surface area contributed by atoms with Crippen molar-refractivity contribution in [2.24, 2.45) is 0 Å². The summed E-state index contributed by atoms with van der Waals surface area (Å²) >= 11 is 0. The lowest BCUT2D eigenvalue weighted by Crippen LogP contribution is -2.50. The van der Waals surface area contributed by atoms with Crippen LogP contribution in [0.2, 0.25) is 0 Å². The zero-order chi connectivity index (χ0) is 32.5. The Hall–Kier alpha value is -2.03. The normalized spacial score (nSPS) is 28.9. The van der Waals surface area contributed by atoms with Crippen molar-refractivity contribution in [1.82, 2.24) is 20.9 Å². The Morgan fingerprint density at radius 1 is 0.682 bits per heavy atom. The number of carbonyl (C=O) groups excluding carboxylic acids is 3. The molecule has 0 radical (unpaired) electrons. The Morgan fingerprint density at radius 2 is 1.09 bits per heavy atom. The number of aliphatic hydroxyl groups is 4. The van der Waals surface area contributed by atoms with Gasteiger partial charge in [-0.05, 0) is 13.8 Å². The molecule has 3 amide bonds. The van der Waals surface area contributed by atoms with Crippen LogP contribution in [-0.2, 0) is 42.8 Å². The van der Waals surface area contributed by atoms with E-state index in [1.807, 2.05) is 0 Å². The molecule has 2 aliphatic heterocycles. The predicted octanol–water partition coefficient (Wildman–Crippen LogP) is -3.95. The Kier molecular flexibility index (Phi) is 18.1. The third kappa shape index (κ3) is 14.8. The SMILES string of the molecule is COCCOCCNC(=O)CN(CC(=O)NCCO[C@@H]1O[C@@H](C)C[C@@H](O)[C@@H]1O)CC(=O)NCCO[C@@H]1O[C@@H](C)C[C@@H](O)[C@@H]1O. The van der Waals surface area contributed by atoms with Crippen LogP contribution < -0.4 is 16.0 Å². The van der Waals surface area contributed by atoms with Crippen LogP contribution in [0.25, 0.3) is 0 Å². The quantitative estimate of drug-likeness (QED) is 0.0632. The third-order valence-electron chi connectivity index (χ3n) is 6.74. The molecule has 8 atom stereocenters. The van der Waals surface area contributed by atoms with Crippen molar-refractivity contribution < 1.29 is 63.2 Å². The average Bonchev–Trinajstić information content (AvgIpc) is 2.95. The Balaban J connectivity index is 1.78. The van der Waals surface area contributed by atoms with Crippen molar-refractivity contribution in [3.63, 3.8) is 0 Å². The highest BCUT2D eigenvalue weighted by atomic mass is 16.7. The number of ether oxygens (including phenoxy) is 6. The van der Waals surface area contributed by atoms with Gasteiger partial charge in [-0.15, -0.1) is 0 Å². The van der Waals surface area contributed by atoms with Crippen molar-refractivity contribution >= 4 is 17.7 Å². The van der Waals surface area contributed by atoms with E-state index in [1.54, 1.807) is 21.0 Å². The number of nitrogens with zero attached hydrogens (tertiary/aromatic N) is 1. The van der Waals surface area contributed by atoms with Crippen molar-refractivity contribution in [2.45, 2.75) is 75.9 Å². The van der Waals surface area contributed by atoms with Gasteiger partial charge in [0.25, 0.3) is 0 Å². The van der Waals surface area contributed by atoms with Gasteiger partial charge in [-0.1, -0.05) is 0 Å². The van der Waals surface area contributed by atoms with E-state index in [0.717, 1.165) is 0 Å². The minimum absolute atomic E-state index is 0.00778. The topological polar surface area (TPSA) is 227 Å². The minimum atomic E-state index is -1.21. The van der Waals surface area contributed by atoms with Crippen LogP contribution in [0.5, 0.6) is 0 Å². The van der Waals surface area contributed by atoms with Gasteiger partial charge in [0.05, 0.1) is 77.1 Å². The number of aliphatic hydroxyl groups excluding tert-OH is 4. The smallest absolute Gasteiger partial charge is 0.234 e. The van der Waals surface area contributed by atoms with E-state index in [4.69, 9.17) is 28.4 Å². The summed E-state index contributed by atoms with van der Waals surface area (Å²) in [5, 5.41) is 47.7. The minimum Gasteiger partial charge on any atom is -0.390 e. The van der Waals surface area contributed by atoms with Crippen LogP contribution in [0.1, 0.15) is 26.7 Å². The first kappa shape index (κ1) is 38.2. The largest absolute Gasteiger partial charge is 0.390 e. The van der Waals surface area contributed by atoms with Crippen LogP contribution in [0.3, 0.4) is 0 Å². The zero-order valence-corrected chi connectivity index (χ0v) is 25.7. The number of rotatable bonds is 20. The first-order valence-electron chi connectivity index (χ1n) is 14.9. The lowest BCUT2D eigenvalue weighted by atomic mass is 10.0. The second kappa shape index (κ2) is 20.9. The average molecular weight is 639 g/mol. The maximum Gasteiger partial charge on any atom is 0.234 e. The molecular formula is C27H50N4O13. The van der Waals surface area contributed by atoms with Gasteiger partial charge in [0, 0.05) is 39.6 Å². The first-order valence-corrected chi connectivity index (χ1v) is 14.9. The van der Waals surface area contributed by atoms with Gasteiger partial charge in [0.15, 0.2) is 12.6 Å². The van der Waals surface area contributed by atoms with Gasteiger partial charge in [0.2, 0.25) is 17.7 Å². The molecule has 2 saturated heterocycles. The number of nitrogens with one attached hydrogen (secondary N) is 3. The fraction of sp³-hybridized carbons (Fsp3) is 0.889. The summed E-state index contributed by atoms with van der Waals surface area (Å²) in [7, 11) is 1.55. The molecule has 0 saturated carbocycles. The molecule has 44 heavy (non-hydrogen) atoms. The molecule has 2 aliphatic rings. The van der Waals surface area contributed by atoms with Gasteiger partial charge in [-0.3, -0.25) is 19.3 Å². The lowest BCUT2D eigenvalue weighted by molar-refractivity contribution is -0.262. The molecule has 17 heteroatoms. The summed E-state index contributed by atoms with van der Waals surface area (Å²) in [6.07, 6.45) is -6.46. The predicted molar refractivity (Wildman–Crippen MR) is 152 cm³/mol. The van der Waals surface area contributed by atoms with Crippen LogP contribution >= 0.6 is 0 Å². The molecule has 256 valence electrons. The summed E-state index contributed by atoms with van der Waals surface area (Å²) in [6.45, 7) is 4.08. The number of hydrogen-bond donors (Lipinski definition) is 7. The molecule has 17 nitrogen and oxygen atoms in total. The maximum absolute atomic E-state index is 12.6. The Bertz CT molecular complexity index is 805. The molecule has 0 aromatic heterocycles. The van der Waals surface area contributed by atoms with E-state index in [-0.39, 0.29) is 84.1 Å². The van der Waals surface area contributed by atoms with Crippen LogP contribution in [0, 0.1) is 0 Å². The van der Waals surface area contributed by atoms with Crippen molar-refractivity contribution in [2.75, 3.05) is 79.4 Å². The molecule has 0 unspecified atom stereocenters. The molecule has 0 aromatic carbocycles. The van der Waals surface area contributed by atoms with Gasteiger partial charge in [-0.2, -0.15) is 0 Å². The van der Waals surface area contributed by atoms with Crippen molar-refractivity contribution in [3.05, 3.63) is 0 Å². The van der Waals surface area contributed by atoms with Crippen molar-refractivity contribution in [1.29, 1.82) is 0 Å². The molecule has 0 spiro atoms. The maximum atomic E-state index is 12.6. The van der Waals surface area contributed by atoms with Crippen molar-refractivity contribution in [3.8, 4) is 0 Å². The van der Waals surface area contributed by atoms with E-state index in [0.29, 0.717) is 13.2 Å². The molecule has 0 aliphatic carbocycles. The molecule has 0 aromatic rings. The third-order valence-corrected chi connectivity index (χ3v) is 6.74. The second-order valence-electron chi connectivity index (χ2n) is 10.8. The van der Waals surface area contributed by atoms with Gasteiger partial charge >= 0.3 is 0 Å². The summed E-state index contributed by atoms with van der Waals surface area (Å²) < 4.78 is 32.1. The summed E-state index contributed by atoms with van der Waals surface area (Å²) in [5.74, 6) is -1.37. The molecule has 2 heterocycles. The second-order valence-corrected chi connectivity index (χ2v) is 10.8. The summed E-state index contributed by atoms with van der Waals surface area (Å²) in [5.41, 5.74) is 0. The number of amides is 3. The zero-order valence-electron chi connectivity index (χ0n) is 25.7. The number of methoxy groups -OCH3 is 1. The summed E-state index contributed by atoms with van der Waals surface area (Å²) in [4.78, 5) is 39.1. The molecule has 7 N–H and O–H groups in total. The highest BCUT2D eigenvalue weighted by Crippen LogP contribution is 2.21. The van der Waals surface area contributed by atoms with E-state index in [9.17, 15) is 34.8 Å². The van der Waals surface area contributed by atoms with Crippen LogP contribution in [0.15, 0.2) is 0 Å². The van der Waals surface area contributed by atoms with E-state index < -0.39 is 54.7 Å². The molecule has 0 bridgehead atoms. The van der Waals surface area contributed by atoms with E-state index in [1.165, 1.54) is 4.90 Å². The Morgan fingerprint density at radius 3 is 1.50 bits per heavy atom. The molecule has 2 rings (SSSR count). The molecular weight excluding hydrogens is 588 g/mol. The molecule has 2 fully saturated rings. The first-order chi connectivity index (χ1) is 21.0. The number of carbonyl (C=O) groups is 3. The monoisotopic (exact) mass is 638 g/mol. The van der Waals surface area contributed by atoms with Crippen LogP contribution in [-0.4, -0.2) is 172 Å². The fourth-order valence-corrected chi connectivity index (χ4v) is 4.51.